The predicted molar refractivity (Wildman–Crippen MR) is 173 cm³/mol. The third-order valence-corrected chi connectivity index (χ3v) is 10.1. The minimum absolute atomic E-state index is 0.0618. The number of hydrogen-bond donors (Lipinski definition) is 0. The molecule has 5 aromatic rings. The Morgan fingerprint density at radius 2 is 1.26 bits per heavy atom. The Bertz CT molecular complexity index is 1770. The van der Waals surface area contributed by atoms with Crippen molar-refractivity contribution in [1.29, 1.82) is 0 Å². The lowest BCUT2D eigenvalue weighted by Crippen LogP contribution is -2.39. The minimum atomic E-state index is -0.692. The monoisotopic (exact) mass is 570 g/mol. The molecule has 0 aromatic heterocycles. The summed E-state index contributed by atoms with van der Waals surface area (Å²) in [5.41, 5.74) is 8.36. The molecule has 0 spiro atoms. The Kier molecular flexibility index (Phi) is 6.61. The third kappa shape index (κ3) is 3.89. The van der Waals surface area contributed by atoms with Gasteiger partial charge in [0.25, 0.3) is 0 Å². The molecule has 0 saturated heterocycles. The molecule has 0 radical (unpaired) electrons. The van der Waals surface area contributed by atoms with Crippen LogP contribution in [0.15, 0.2) is 91.0 Å². The van der Waals surface area contributed by atoms with Crippen LogP contribution in [0.5, 0.6) is 23.0 Å². The van der Waals surface area contributed by atoms with Crippen molar-refractivity contribution >= 4 is 10.8 Å². The summed E-state index contributed by atoms with van der Waals surface area (Å²) in [6.07, 6.45) is 3.76. The molecule has 4 nitrogen and oxygen atoms in total. The molecule has 0 N–H and O–H groups in total. The van der Waals surface area contributed by atoms with E-state index in [9.17, 15) is 0 Å². The van der Waals surface area contributed by atoms with Crippen molar-refractivity contribution in [2.75, 3.05) is 21.3 Å². The van der Waals surface area contributed by atoms with Crippen molar-refractivity contribution in [2.45, 2.75) is 50.5 Å². The Morgan fingerprint density at radius 3 is 1.84 bits per heavy atom. The van der Waals surface area contributed by atoms with E-state index in [2.05, 4.69) is 80.6 Å². The molecule has 5 aromatic carbocycles. The fourth-order valence-electron chi connectivity index (χ4n) is 7.84. The summed E-state index contributed by atoms with van der Waals surface area (Å²) in [6.45, 7) is 4.67. The molecule has 0 bridgehead atoms. The van der Waals surface area contributed by atoms with Gasteiger partial charge in [-0.25, -0.2) is 0 Å². The Balaban J connectivity index is 1.54. The first kappa shape index (κ1) is 27.4. The Labute approximate surface area is 254 Å². The zero-order valence-corrected chi connectivity index (χ0v) is 25.6. The van der Waals surface area contributed by atoms with Crippen LogP contribution in [0.3, 0.4) is 0 Å². The van der Waals surface area contributed by atoms with E-state index in [4.69, 9.17) is 18.9 Å². The average molecular weight is 571 g/mol. The summed E-state index contributed by atoms with van der Waals surface area (Å²) in [5.74, 6) is 3.44. The number of fused-ring (bicyclic) bond motifs is 8. The second-order valence-corrected chi connectivity index (χ2v) is 11.7. The molecule has 0 amide bonds. The maximum Gasteiger partial charge on any atom is 0.159 e. The van der Waals surface area contributed by atoms with Crippen LogP contribution in [0.1, 0.15) is 60.9 Å². The lowest BCUT2D eigenvalue weighted by Gasteiger charge is -2.42. The van der Waals surface area contributed by atoms with Gasteiger partial charge in [-0.2, -0.15) is 0 Å². The normalized spacial score (nSPS) is 15.7. The summed E-state index contributed by atoms with van der Waals surface area (Å²) in [6, 6.07) is 32.2. The van der Waals surface area contributed by atoms with Gasteiger partial charge in [0, 0.05) is 21.9 Å². The summed E-state index contributed by atoms with van der Waals surface area (Å²) in [5, 5.41) is 2.31. The number of ether oxygens (including phenoxy) is 4. The van der Waals surface area contributed by atoms with E-state index < -0.39 is 5.60 Å². The molecule has 7 rings (SSSR count). The second kappa shape index (κ2) is 10.4. The fraction of sp³-hybridized carbons (Fsp3) is 0.282. The van der Waals surface area contributed by atoms with Gasteiger partial charge in [0.15, 0.2) is 5.60 Å². The molecule has 0 saturated carbocycles. The molecule has 1 heterocycles. The summed E-state index contributed by atoms with van der Waals surface area (Å²) in [7, 11) is 5.14. The van der Waals surface area contributed by atoms with Crippen LogP contribution in [0, 0.1) is 0 Å². The van der Waals surface area contributed by atoms with Gasteiger partial charge in [-0.3, -0.25) is 0 Å². The van der Waals surface area contributed by atoms with Crippen molar-refractivity contribution in [1.82, 2.24) is 0 Å². The topological polar surface area (TPSA) is 36.9 Å². The van der Waals surface area contributed by atoms with Crippen LogP contribution in [-0.2, 0) is 17.4 Å². The highest BCUT2D eigenvalue weighted by atomic mass is 16.5. The molecule has 0 fully saturated rings. The van der Waals surface area contributed by atoms with Gasteiger partial charge in [0.2, 0.25) is 0 Å². The first-order chi connectivity index (χ1) is 21.0. The van der Waals surface area contributed by atoms with E-state index in [-0.39, 0.29) is 5.41 Å². The Morgan fingerprint density at radius 1 is 0.674 bits per heavy atom. The van der Waals surface area contributed by atoms with E-state index in [0.717, 1.165) is 65.2 Å². The smallest absolute Gasteiger partial charge is 0.159 e. The van der Waals surface area contributed by atoms with Crippen LogP contribution in [-0.4, -0.2) is 21.3 Å². The largest absolute Gasteiger partial charge is 0.497 e. The SMILES string of the molecule is CCC1(CC)c2ccccc2-c2c1c1c(c3cc(OC)ccc23)OC(c2ccc(OC)cc2)(c2ccc(OC)cc2)CC1. The molecule has 2 aliphatic rings. The second-order valence-electron chi connectivity index (χ2n) is 11.7. The van der Waals surface area contributed by atoms with Crippen LogP contribution >= 0.6 is 0 Å². The fourth-order valence-corrected chi connectivity index (χ4v) is 7.84. The maximum absolute atomic E-state index is 7.52. The number of methoxy groups -OCH3 is 3. The molecule has 43 heavy (non-hydrogen) atoms. The first-order valence-electron chi connectivity index (χ1n) is 15.3. The van der Waals surface area contributed by atoms with Gasteiger partial charge >= 0.3 is 0 Å². The molecular weight excluding hydrogens is 532 g/mol. The number of benzene rings is 5. The van der Waals surface area contributed by atoms with Gasteiger partial charge in [-0.1, -0.05) is 62.4 Å². The highest BCUT2D eigenvalue weighted by molar-refractivity contribution is 6.07. The summed E-state index contributed by atoms with van der Waals surface area (Å²) < 4.78 is 24.3. The zero-order chi connectivity index (χ0) is 29.8. The van der Waals surface area contributed by atoms with Gasteiger partial charge in [-0.15, -0.1) is 0 Å². The van der Waals surface area contributed by atoms with E-state index in [1.165, 1.54) is 33.2 Å². The first-order valence-corrected chi connectivity index (χ1v) is 15.3. The van der Waals surface area contributed by atoms with E-state index >= 15 is 0 Å². The van der Waals surface area contributed by atoms with Crippen molar-refractivity contribution < 1.29 is 18.9 Å². The number of hydrogen-bond acceptors (Lipinski definition) is 4. The molecule has 1 aliphatic heterocycles. The molecule has 4 heteroatoms. The van der Waals surface area contributed by atoms with E-state index in [1.807, 2.05) is 24.3 Å². The minimum Gasteiger partial charge on any atom is -0.497 e. The summed E-state index contributed by atoms with van der Waals surface area (Å²) in [4.78, 5) is 0. The van der Waals surface area contributed by atoms with Crippen LogP contribution in [0.25, 0.3) is 21.9 Å². The van der Waals surface area contributed by atoms with Gasteiger partial charge < -0.3 is 18.9 Å². The summed E-state index contributed by atoms with van der Waals surface area (Å²) >= 11 is 0. The van der Waals surface area contributed by atoms with Crippen molar-refractivity contribution in [3.63, 3.8) is 0 Å². The molecule has 1 aliphatic carbocycles. The predicted octanol–water partition coefficient (Wildman–Crippen LogP) is 9.22. The van der Waals surface area contributed by atoms with Crippen molar-refractivity contribution in [2.24, 2.45) is 0 Å². The quantitative estimate of drug-likeness (QED) is 0.195. The third-order valence-electron chi connectivity index (χ3n) is 10.1. The van der Waals surface area contributed by atoms with E-state index in [0.29, 0.717) is 0 Å². The molecular formula is C39H38O4. The van der Waals surface area contributed by atoms with Crippen molar-refractivity contribution in [3.05, 3.63) is 119 Å². The standard InChI is InChI=1S/C39H38O4/c1-6-38(7-2)34-11-9-8-10-31(34)35-30-21-20-29(42-5)24-33(30)37-32(36(35)38)22-23-39(43-37,25-12-16-27(40-3)17-13-25)26-14-18-28(41-4)19-15-26/h8-21,24H,6-7,22-23H2,1-5H3. The molecule has 218 valence electrons. The maximum atomic E-state index is 7.52. The van der Waals surface area contributed by atoms with Gasteiger partial charge in [0.05, 0.1) is 21.3 Å². The van der Waals surface area contributed by atoms with Crippen LogP contribution in [0.2, 0.25) is 0 Å². The highest BCUT2D eigenvalue weighted by Gasteiger charge is 2.48. The number of rotatable bonds is 7. The van der Waals surface area contributed by atoms with Crippen LogP contribution in [0.4, 0.5) is 0 Å². The Hall–Kier alpha value is -4.44. The lowest BCUT2D eigenvalue weighted by molar-refractivity contribution is 0.0864. The van der Waals surface area contributed by atoms with Gasteiger partial charge in [-0.05, 0) is 101 Å². The van der Waals surface area contributed by atoms with Crippen LogP contribution < -0.4 is 18.9 Å². The van der Waals surface area contributed by atoms with Crippen molar-refractivity contribution in [3.8, 4) is 34.1 Å². The molecule has 0 atom stereocenters. The highest BCUT2D eigenvalue weighted by Crippen LogP contribution is 2.61. The average Bonchev–Trinajstić information content (AvgIpc) is 3.38. The lowest BCUT2D eigenvalue weighted by atomic mass is 9.69. The van der Waals surface area contributed by atoms with Gasteiger partial charge in [0.1, 0.15) is 23.0 Å². The van der Waals surface area contributed by atoms with E-state index in [1.54, 1.807) is 21.3 Å². The zero-order valence-electron chi connectivity index (χ0n) is 25.6. The molecule has 0 unspecified atom stereocenters.